The number of hydrogen-bond acceptors (Lipinski definition) is 1. The lowest BCUT2D eigenvalue weighted by atomic mass is 9.75. The van der Waals surface area contributed by atoms with Gasteiger partial charge in [-0.2, -0.15) is 0 Å². The average molecular weight is 245 g/mol. The first-order chi connectivity index (χ1) is 8.86. The standard InChI is InChI=1S/C17H27N/c1-3-16(14-10-6-4-7-11-14)17(18-2)15-12-8-5-9-13-15/h4,6-7,10-11,15-18H,3,5,8-9,12-13H2,1-2H3. The minimum absolute atomic E-state index is 0.651. The predicted molar refractivity (Wildman–Crippen MR) is 78.9 cm³/mol. The molecule has 1 N–H and O–H groups in total. The Morgan fingerprint density at radius 1 is 1.11 bits per heavy atom. The van der Waals surface area contributed by atoms with Gasteiger partial charge in [0.05, 0.1) is 0 Å². The van der Waals surface area contributed by atoms with Gasteiger partial charge in [0.1, 0.15) is 0 Å². The highest BCUT2D eigenvalue weighted by atomic mass is 14.9. The molecule has 0 amide bonds. The van der Waals surface area contributed by atoms with Crippen LogP contribution in [-0.4, -0.2) is 13.1 Å². The molecule has 1 aliphatic carbocycles. The summed E-state index contributed by atoms with van der Waals surface area (Å²) < 4.78 is 0. The third-order valence-electron chi connectivity index (χ3n) is 4.59. The topological polar surface area (TPSA) is 12.0 Å². The van der Waals surface area contributed by atoms with Crippen molar-refractivity contribution in [2.45, 2.75) is 57.4 Å². The first-order valence-electron chi connectivity index (χ1n) is 7.59. The van der Waals surface area contributed by atoms with E-state index in [1.165, 1.54) is 44.1 Å². The van der Waals surface area contributed by atoms with Crippen LogP contribution in [0.4, 0.5) is 0 Å². The monoisotopic (exact) mass is 245 g/mol. The lowest BCUT2D eigenvalue weighted by molar-refractivity contribution is 0.246. The molecule has 1 fully saturated rings. The largest absolute Gasteiger partial charge is 0.316 e. The summed E-state index contributed by atoms with van der Waals surface area (Å²) >= 11 is 0. The van der Waals surface area contributed by atoms with Crippen LogP contribution < -0.4 is 5.32 Å². The summed E-state index contributed by atoms with van der Waals surface area (Å²) in [6.45, 7) is 2.32. The van der Waals surface area contributed by atoms with Crippen LogP contribution in [0.25, 0.3) is 0 Å². The van der Waals surface area contributed by atoms with Gasteiger partial charge in [-0.05, 0) is 43.7 Å². The summed E-state index contributed by atoms with van der Waals surface area (Å²) in [6.07, 6.45) is 8.34. The zero-order chi connectivity index (χ0) is 12.8. The van der Waals surface area contributed by atoms with Crippen molar-refractivity contribution in [2.75, 3.05) is 7.05 Å². The van der Waals surface area contributed by atoms with Gasteiger partial charge in [-0.15, -0.1) is 0 Å². The van der Waals surface area contributed by atoms with Gasteiger partial charge >= 0.3 is 0 Å². The van der Waals surface area contributed by atoms with Gasteiger partial charge in [0.2, 0.25) is 0 Å². The summed E-state index contributed by atoms with van der Waals surface area (Å²) in [6, 6.07) is 11.7. The molecule has 0 aliphatic heterocycles. The van der Waals surface area contributed by atoms with E-state index in [0.717, 1.165) is 5.92 Å². The van der Waals surface area contributed by atoms with E-state index >= 15 is 0 Å². The van der Waals surface area contributed by atoms with Crippen molar-refractivity contribution >= 4 is 0 Å². The average Bonchev–Trinajstić information content (AvgIpc) is 2.46. The van der Waals surface area contributed by atoms with Gasteiger partial charge in [0.25, 0.3) is 0 Å². The van der Waals surface area contributed by atoms with Crippen LogP contribution in [0.1, 0.15) is 56.9 Å². The second-order valence-electron chi connectivity index (χ2n) is 5.64. The van der Waals surface area contributed by atoms with Crippen molar-refractivity contribution in [2.24, 2.45) is 5.92 Å². The molecule has 0 aromatic heterocycles. The molecule has 2 rings (SSSR count). The number of likely N-dealkylation sites (N-methyl/N-ethyl adjacent to an activating group) is 1. The molecular formula is C17H27N. The van der Waals surface area contributed by atoms with Crippen molar-refractivity contribution in [1.82, 2.24) is 5.32 Å². The van der Waals surface area contributed by atoms with Gasteiger partial charge in [-0.25, -0.2) is 0 Å². The zero-order valence-corrected chi connectivity index (χ0v) is 11.9. The van der Waals surface area contributed by atoms with Gasteiger partial charge in [-0.3, -0.25) is 0 Å². The molecule has 0 spiro atoms. The zero-order valence-electron chi connectivity index (χ0n) is 11.9. The molecule has 18 heavy (non-hydrogen) atoms. The Morgan fingerprint density at radius 2 is 1.78 bits per heavy atom. The Morgan fingerprint density at radius 3 is 2.33 bits per heavy atom. The fourth-order valence-electron chi connectivity index (χ4n) is 3.66. The van der Waals surface area contributed by atoms with E-state index in [1.807, 2.05) is 0 Å². The molecule has 1 heteroatoms. The maximum atomic E-state index is 3.62. The van der Waals surface area contributed by atoms with E-state index in [2.05, 4.69) is 49.6 Å². The molecule has 0 radical (unpaired) electrons. The molecule has 1 aromatic rings. The third kappa shape index (κ3) is 3.14. The van der Waals surface area contributed by atoms with Crippen molar-refractivity contribution in [1.29, 1.82) is 0 Å². The number of hydrogen-bond donors (Lipinski definition) is 1. The molecule has 2 atom stereocenters. The molecule has 0 saturated heterocycles. The lowest BCUT2D eigenvalue weighted by Gasteiger charge is -2.35. The molecule has 0 heterocycles. The molecule has 1 nitrogen and oxygen atoms in total. The number of nitrogens with one attached hydrogen (secondary N) is 1. The van der Waals surface area contributed by atoms with E-state index in [9.17, 15) is 0 Å². The quantitative estimate of drug-likeness (QED) is 0.813. The third-order valence-corrected chi connectivity index (χ3v) is 4.59. The van der Waals surface area contributed by atoms with E-state index < -0.39 is 0 Å². The van der Waals surface area contributed by atoms with Crippen molar-refractivity contribution in [3.63, 3.8) is 0 Å². The fourth-order valence-corrected chi connectivity index (χ4v) is 3.66. The molecule has 1 aromatic carbocycles. The SMILES string of the molecule is CCC(c1ccccc1)C(NC)C1CCCCC1. The van der Waals surface area contributed by atoms with Crippen LogP contribution in [0.5, 0.6) is 0 Å². The van der Waals surface area contributed by atoms with Gasteiger partial charge in [0, 0.05) is 6.04 Å². The van der Waals surface area contributed by atoms with E-state index in [1.54, 1.807) is 0 Å². The highest BCUT2D eigenvalue weighted by Gasteiger charge is 2.29. The molecule has 0 bridgehead atoms. The molecular weight excluding hydrogens is 218 g/mol. The molecule has 1 saturated carbocycles. The summed E-state index contributed by atoms with van der Waals surface area (Å²) in [7, 11) is 2.14. The second-order valence-corrected chi connectivity index (χ2v) is 5.64. The number of benzene rings is 1. The van der Waals surface area contributed by atoms with E-state index in [0.29, 0.717) is 12.0 Å². The first-order valence-corrected chi connectivity index (χ1v) is 7.59. The highest BCUT2D eigenvalue weighted by Crippen LogP contribution is 2.34. The van der Waals surface area contributed by atoms with Crippen molar-refractivity contribution in [3.05, 3.63) is 35.9 Å². The minimum Gasteiger partial charge on any atom is -0.316 e. The highest BCUT2D eigenvalue weighted by molar-refractivity contribution is 5.21. The predicted octanol–water partition coefficient (Wildman–Crippen LogP) is 4.35. The minimum atomic E-state index is 0.651. The molecule has 100 valence electrons. The van der Waals surface area contributed by atoms with Crippen LogP contribution in [0.2, 0.25) is 0 Å². The number of rotatable bonds is 5. The van der Waals surface area contributed by atoms with E-state index in [4.69, 9.17) is 0 Å². The van der Waals surface area contributed by atoms with Crippen molar-refractivity contribution < 1.29 is 0 Å². The van der Waals surface area contributed by atoms with Gasteiger partial charge in [0.15, 0.2) is 0 Å². The van der Waals surface area contributed by atoms with Crippen LogP contribution in [0.3, 0.4) is 0 Å². The maximum absolute atomic E-state index is 3.62. The van der Waals surface area contributed by atoms with Crippen molar-refractivity contribution in [3.8, 4) is 0 Å². The second kappa shape index (κ2) is 6.94. The first kappa shape index (κ1) is 13.6. The summed E-state index contributed by atoms with van der Waals surface area (Å²) in [5.74, 6) is 1.54. The summed E-state index contributed by atoms with van der Waals surface area (Å²) in [5.41, 5.74) is 1.50. The molecule has 2 unspecified atom stereocenters. The van der Waals surface area contributed by atoms with Crippen LogP contribution in [-0.2, 0) is 0 Å². The Kier molecular flexibility index (Phi) is 5.25. The van der Waals surface area contributed by atoms with E-state index in [-0.39, 0.29) is 0 Å². The Labute approximate surface area is 112 Å². The fraction of sp³-hybridized carbons (Fsp3) is 0.647. The van der Waals surface area contributed by atoms with Gasteiger partial charge < -0.3 is 5.32 Å². The Bertz CT molecular complexity index is 327. The summed E-state index contributed by atoms with van der Waals surface area (Å²) in [5, 5.41) is 3.62. The summed E-state index contributed by atoms with van der Waals surface area (Å²) in [4.78, 5) is 0. The van der Waals surface area contributed by atoms with Crippen LogP contribution in [0, 0.1) is 5.92 Å². The Hall–Kier alpha value is -0.820. The van der Waals surface area contributed by atoms with Crippen LogP contribution in [0.15, 0.2) is 30.3 Å². The normalized spacial score (nSPS) is 20.6. The maximum Gasteiger partial charge on any atom is 0.0161 e. The smallest absolute Gasteiger partial charge is 0.0161 e. The molecule has 1 aliphatic rings. The van der Waals surface area contributed by atoms with Crippen LogP contribution >= 0.6 is 0 Å². The van der Waals surface area contributed by atoms with Gasteiger partial charge in [-0.1, -0.05) is 56.5 Å². The lowest BCUT2D eigenvalue weighted by Crippen LogP contribution is -2.39. The Balaban J connectivity index is 2.13.